The molecule has 1 saturated carbocycles. The first-order valence-corrected chi connectivity index (χ1v) is 13.3. The molecule has 40 heavy (non-hydrogen) atoms. The zero-order chi connectivity index (χ0) is 28.3. The number of pyridine rings is 2. The fourth-order valence-electron chi connectivity index (χ4n) is 5.28. The number of nitrogens with one attached hydrogen (secondary N) is 2. The van der Waals surface area contributed by atoms with Crippen LogP contribution in [0.15, 0.2) is 54.9 Å². The van der Waals surface area contributed by atoms with Crippen LogP contribution in [0.5, 0.6) is 0 Å². The van der Waals surface area contributed by atoms with Crippen LogP contribution in [0.3, 0.4) is 0 Å². The third-order valence-electron chi connectivity index (χ3n) is 7.69. The number of aliphatic hydroxyl groups excluding tert-OH is 1. The van der Waals surface area contributed by atoms with Gasteiger partial charge in [-0.15, -0.1) is 0 Å². The first kappa shape index (κ1) is 27.6. The summed E-state index contributed by atoms with van der Waals surface area (Å²) < 4.78 is 21.4. The number of rotatable bonds is 9. The zero-order valence-electron chi connectivity index (χ0n) is 22.9. The quantitative estimate of drug-likeness (QED) is 0.270. The molecule has 3 N–H and O–H groups in total. The van der Waals surface area contributed by atoms with Crippen LogP contribution in [0.1, 0.15) is 37.1 Å². The monoisotopic (exact) mass is 547 g/mol. The number of aromatic nitrogens is 4. The average Bonchev–Trinajstić information content (AvgIpc) is 3.46. The number of nitrogens with zero attached hydrogens (tertiary/aromatic N) is 5. The fraction of sp³-hybridized carbons (Fsp3) is 0.379. The van der Waals surface area contributed by atoms with Gasteiger partial charge in [-0.25, -0.2) is 14.1 Å². The van der Waals surface area contributed by atoms with E-state index in [1.54, 1.807) is 36.7 Å². The van der Waals surface area contributed by atoms with Crippen LogP contribution in [0.2, 0.25) is 0 Å². The molecule has 0 aliphatic heterocycles. The lowest BCUT2D eigenvalue weighted by Crippen LogP contribution is -2.50. The maximum atomic E-state index is 15.0. The summed E-state index contributed by atoms with van der Waals surface area (Å²) in [4.78, 5) is 23.7. The molecule has 4 aromatic rings. The van der Waals surface area contributed by atoms with Crippen molar-refractivity contribution in [2.75, 3.05) is 33.1 Å². The van der Waals surface area contributed by atoms with Gasteiger partial charge in [-0.2, -0.15) is 5.10 Å². The number of carbonyl (C=O) groups is 1. The van der Waals surface area contributed by atoms with Crippen molar-refractivity contribution in [2.45, 2.75) is 43.9 Å². The summed E-state index contributed by atoms with van der Waals surface area (Å²) in [6.07, 6.45) is 6.97. The zero-order valence-corrected chi connectivity index (χ0v) is 22.9. The maximum absolute atomic E-state index is 15.0. The molecule has 3 heterocycles. The van der Waals surface area contributed by atoms with E-state index in [9.17, 15) is 9.90 Å². The second kappa shape index (κ2) is 11.7. The maximum Gasteiger partial charge on any atom is 0.319 e. The van der Waals surface area contributed by atoms with Crippen molar-refractivity contribution in [1.82, 2.24) is 30.0 Å². The van der Waals surface area contributed by atoms with Gasteiger partial charge in [0.05, 0.1) is 54.1 Å². The highest BCUT2D eigenvalue weighted by Gasteiger charge is 2.39. The highest BCUT2D eigenvalue weighted by Crippen LogP contribution is 2.38. The summed E-state index contributed by atoms with van der Waals surface area (Å²) >= 11 is 0. The number of methoxy groups -OCH3 is 1. The van der Waals surface area contributed by atoms with Gasteiger partial charge in [-0.3, -0.25) is 15.1 Å². The summed E-state index contributed by atoms with van der Waals surface area (Å²) in [5, 5.41) is 20.8. The van der Waals surface area contributed by atoms with Gasteiger partial charge in [0.2, 0.25) is 0 Å². The van der Waals surface area contributed by atoms with Gasteiger partial charge in [0, 0.05) is 36.0 Å². The number of halogens is 1. The van der Waals surface area contributed by atoms with Gasteiger partial charge in [0.25, 0.3) is 0 Å². The van der Waals surface area contributed by atoms with Crippen molar-refractivity contribution in [1.29, 1.82) is 0 Å². The first-order valence-electron chi connectivity index (χ1n) is 13.3. The molecule has 11 heteroatoms. The molecule has 0 unspecified atom stereocenters. The summed E-state index contributed by atoms with van der Waals surface area (Å²) in [6, 6.07) is 12.6. The van der Waals surface area contributed by atoms with Crippen molar-refractivity contribution in [3.8, 4) is 5.69 Å². The molecule has 0 atom stereocenters. The van der Waals surface area contributed by atoms with E-state index in [1.165, 1.54) is 17.9 Å². The van der Waals surface area contributed by atoms with Crippen LogP contribution < -0.4 is 10.6 Å². The SMILES string of the molecule is COC(=O)CNC1(c2ccc3cnc(Nc4ccc(-n5ccc(CO)n5)cc4F)cc3n2)CCC(N(C)C)CC1. The molecule has 0 saturated heterocycles. The van der Waals surface area contributed by atoms with Crippen molar-refractivity contribution >= 4 is 28.4 Å². The smallest absolute Gasteiger partial charge is 0.319 e. The number of benzene rings is 1. The van der Waals surface area contributed by atoms with Crippen molar-refractivity contribution < 1.29 is 19.0 Å². The van der Waals surface area contributed by atoms with Gasteiger partial charge in [0.1, 0.15) is 11.6 Å². The first-order chi connectivity index (χ1) is 19.3. The average molecular weight is 548 g/mol. The Bertz CT molecular complexity index is 1500. The van der Waals surface area contributed by atoms with E-state index in [4.69, 9.17) is 9.72 Å². The molecule has 10 nitrogen and oxygen atoms in total. The van der Waals surface area contributed by atoms with E-state index in [0.717, 1.165) is 36.8 Å². The molecular formula is C29H34FN7O3. The Morgan fingerprint density at radius 3 is 2.67 bits per heavy atom. The van der Waals surface area contributed by atoms with Crippen LogP contribution >= 0.6 is 0 Å². The fourth-order valence-corrected chi connectivity index (χ4v) is 5.28. The van der Waals surface area contributed by atoms with Crippen LogP contribution in [0, 0.1) is 5.82 Å². The standard InChI is InChI=1S/C29H34FN7O3/c1-36(2)21-8-11-29(12-9-21,32-17-28(39)40-3)26-7-4-19-16-31-27(15-25(19)33-26)34-24-6-5-22(14-23(24)30)37-13-10-20(18-38)35-37/h4-7,10,13-16,21,32,38H,8-9,11-12,17-18H2,1-3H3,(H,31,34). The van der Waals surface area contributed by atoms with E-state index < -0.39 is 11.4 Å². The topological polar surface area (TPSA) is 117 Å². The van der Waals surface area contributed by atoms with Gasteiger partial charge in [0.15, 0.2) is 0 Å². The lowest BCUT2D eigenvalue weighted by molar-refractivity contribution is -0.140. The molecule has 1 aliphatic rings. The number of ether oxygens (including phenoxy) is 1. The number of esters is 1. The molecule has 0 radical (unpaired) electrons. The second-order valence-corrected chi connectivity index (χ2v) is 10.4. The minimum Gasteiger partial charge on any atom is -0.468 e. The summed E-state index contributed by atoms with van der Waals surface area (Å²) in [5.74, 6) is -0.330. The largest absolute Gasteiger partial charge is 0.468 e. The molecule has 1 aliphatic carbocycles. The summed E-state index contributed by atoms with van der Waals surface area (Å²) in [5.41, 5.74) is 2.41. The Morgan fingerprint density at radius 1 is 1.20 bits per heavy atom. The molecule has 3 aromatic heterocycles. The molecule has 1 aromatic carbocycles. The number of fused-ring (bicyclic) bond motifs is 1. The van der Waals surface area contributed by atoms with Gasteiger partial charge in [-0.05, 0) is 70.1 Å². The number of aliphatic hydroxyl groups is 1. The lowest BCUT2D eigenvalue weighted by atomic mass is 9.76. The van der Waals surface area contributed by atoms with E-state index in [-0.39, 0.29) is 24.8 Å². The minimum atomic E-state index is -0.467. The second-order valence-electron chi connectivity index (χ2n) is 10.4. The highest BCUT2D eigenvalue weighted by molar-refractivity contribution is 5.81. The molecule has 1 fully saturated rings. The number of hydrogen-bond acceptors (Lipinski definition) is 9. The van der Waals surface area contributed by atoms with Crippen molar-refractivity contribution in [3.63, 3.8) is 0 Å². The molecular weight excluding hydrogens is 513 g/mol. The Kier molecular flexibility index (Phi) is 8.06. The third-order valence-corrected chi connectivity index (χ3v) is 7.69. The van der Waals surface area contributed by atoms with Crippen LogP contribution in [0.4, 0.5) is 15.9 Å². The predicted molar refractivity (Wildman–Crippen MR) is 150 cm³/mol. The molecule has 5 rings (SSSR count). The van der Waals surface area contributed by atoms with E-state index in [2.05, 4.69) is 39.7 Å². The van der Waals surface area contributed by atoms with Crippen molar-refractivity contribution in [2.24, 2.45) is 0 Å². The number of hydrogen-bond donors (Lipinski definition) is 3. The van der Waals surface area contributed by atoms with E-state index in [1.807, 2.05) is 12.1 Å². The Morgan fingerprint density at radius 2 is 2.00 bits per heavy atom. The predicted octanol–water partition coefficient (Wildman–Crippen LogP) is 3.65. The molecule has 0 amide bonds. The molecule has 0 spiro atoms. The van der Waals surface area contributed by atoms with Crippen LogP contribution in [-0.2, 0) is 21.7 Å². The molecule has 210 valence electrons. The normalized spacial score (nSPS) is 19.2. The summed E-state index contributed by atoms with van der Waals surface area (Å²) in [7, 11) is 5.57. The summed E-state index contributed by atoms with van der Waals surface area (Å²) in [6.45, 7) is -0.0846. The van der Waals surface area contributed by atoms with Crippen LogP contribution in [0.25, 0.3) is 16.6 Å². The Labute approximate surface area is 232 Å². The lowest BCUT2D eigenvalue weighted by Gasteiger charge is -2.42. The third kappa shape index (κ3) is 5.81. The minimum absolute atomic E-state index is 0.0983. The number of carbonyl (C=O) groups excluding carboxylic acids is 1. The van der Waals surface area contributed by atoms with Crippen LogP contribution in [-0.4, -0.2) is 69.5 Å². The van der Waals surface area contributed by atoms with Gasteiger partial charge >= 0.3 is 5.97 Å². The Hall–Kier alpha value is -3.93. The Balaban J connectivity index is 1.40. The van der Waals surface area contributed by atoms with E-state index in [0.29, 0.717) is 28.8 Å². The molecule has 0 bridgehead atoms. The van der Waals surface area contributed by atoms with E-state index >= 15 is 4.39 Å². The van der Waals surface area contributed by atoms with Crippen molar-refractivity contribution in [3.05, 3.63) is 72.1 Å². The van der Waals surface area contributed by atoms with Gasteiger partial charge in [-0.1, -0.05) is 0 Å². The highest BCUT2D eigenvalue weighted by atomic mass is 19.1. The number of anilines is 2. The van der Waals surface area contributed by atoms with Gasteiger partial charge < -0.3 is 20.1 Å².